The van der Waals surface area contributed by atoms with E-state index >= 15 is 0 Å². The zero-order valence-corrected chi connectivity index (χ0v) is 12.1. The highest BCUT2D eigenvalue weighted by Gasteiger charge is 2.52. The molecule has 0 aliphatic heterocycles. The van der Waals surface area contributed by atoms with Crippen molar-refractivity contribution in [3.8, 4) is 5.75 Å². The summed E-state index contributed by atoms with van der Waals surface area (Å²) in [6.07, 6.45) is 1.47. The van der Waals surface area contributed by atoms with Gasteiger partial charge in [-0.1, -0.05) is 23.2 Å². The molecule has 3 rings (SSSR count). The molecule has 1 aliphatic rings. The number of halogens is 2. The molecule has 0 unspecified atom stereocenters. The Kier molecular flexibility index (Phi) is 3.45. The first-order chi connectivity index (χ1) is 9.59. The highest BCUT2D eigenvalue weighted by Crippen LogP contribution is 2.43. The van der Waals surface area contributed by atoms with Gasteiger partial charge in [-0.25, -0.2) is 0 Å². The fraction of sp³-hybridized carbons (Fsp3) is 0.188. The highest BCUT2D eigenvalue weighted by molar-refractivity contribution is 6.31. The Morgan fingerprint density at radius 1 is 0.900 bits per heavy atom. The van der Waals surface area contributed by atoms with Crippen molar-refractivity contribution in [3.63, 3.8) is 0 Å². The molecule has 2 aromatic rings. The molecule has 4 heteroatoms. The molecule has 1 saturated carbocycles. The van der Waals surface area contributed by atoms with Gasteiger partial charge < -0.3 is 4.74 Å². The Morgan fingerprint density at radius 2 is 1.40 bits per heavy atom. The molecule has 20 heavy (non-hydrogen) atoms. The molecule has 2 nitrogen and oxygen atoms in total. The summed E-state index contributed by atoms with van der Waals surface area (Å²) < 4.78 is 5.87. The summed E-state index contributed by atoms with van der Waals surface area (Å²) in [6, 6.07) is 13.9. The van der Waals surface area contributed by atoms with E-state index in [-0.39, 0.29) is 5.78 Å². The first-order valence-electron chi connectivity index (χ1n) is 6.34. The number of Topliss-reactive ketones (excluding diaryl/α,β-unsaturated/α-hetero) is 1. The molecule has 0 amide bonds. The van der Waals surface area contributed by atoms with E-state index < -0.39 is 5.60 Å². The number of hydrogen-bond acceptors (Lipinski definition) is 2. The second-order valence-electron chi connectivity index (χ2n) is 4.89. The van der Waals surface area contributed by atoms with Crippen molar-refractivity contribution in [2.75, 3.05) is 0 Å². The van der Waals surface area contributed by atoms with Crippen LogP contribution in [0.1, 0.15) is 23.2 Å². The molecular formula is C16H12Cl2O2. The molecule has 0 bridgehead atoms. The van der Waals surface area contributed by atoms with Gasteiger partial charge in [-0.3, -0.25) is 4.79 Å². The van der Waals surface area contributed by atoms with Gasteiger partial charge in [0.25, 0.3) is 0 Å². The van der Waals surface area contributed by atoms with E-state index in [2.05, 4.69) is 0 Å². The molecule has 2 aromatic carbocycles. The van der Waals surface area contributed by atoms with Gasteiger partial charge >= 0.3 is 0 Å². The Hall–Kier alpha value is -1.51. The van der Waals surface area contributed by atoms with Gasteiger partial charge in [-0.2, -0.15) is 0 Å². The van der Waals surface area contributed by atoms with Crippen molar-refractivity contribution in [1.29, 1.82) is 0 Å². The maximum Gasteiger partial charge on any atom is 0.206 e. The number of carbonyl (C=O) groups is 1. The Labute approximate surface area is 127 Å². The van der Waals surface area contributed by atoms with Gasteiger partial charge in [0.05, 0.1) is 0 Å². The largest absolute Gasteiger partial charge is 0.479 e. The summed E-state index contributed by atoms with van der Waals surface area (Å²) in [5, 5.41) is 1.26. The standard InChI is InChI=1S/C16H12Cl2O2/c17-12-3-1-11(2-4-12)15(19)16(9-10-16)20-14-7-5-13(18)6-8-14/h1-8H,9-10H2. The zero-order chi connectivity index (χ0) is 14.2. The van der Waals surface area contributed by atoms with Gasteiger partial charge in [-0.15, -0.1) is 0 Å². The minimum Gasteiger partial charge on any atom is -0.479 e. The van der Waals surface area contributed by atoms with Crippen LogP contribution in [0.4, 0.5) is 0 Å². The maximum absolute atomic E-state index is 12.5. The van der Waals surface area contributed by atoms with E-state index in [0.717, 1.165) is 12.8 Å². The molecule has 0 heterocycles. The van der Waals surface area contributed by atoms with E-state index in [1.54, 1.807) is 48.5 Å². The van der Waals surface area contributed by atoms with Crippen molar-refractivity contribution in [2.24, 2.45) is 0 Å². The number of hydrogen-bond donors (Lipinski definition) is 0. The molecule has 0 saturated heterocycles. The predicted octanol–water partition coefficient (Wildman–Crippen LogP) is 4.79. The van der Waals surface area contributed by atoms with Crippen molar-refractivity contribution < 1.29 is 9.53 Å². The van der Waals surface area contributed by atoms with Crippen LogP contribution in [0, 0.1) is 0 Å². The first-order valence-corrected chi connectivity index (χ1v) is 7.10. The van der Waals surface area contributed by atoms with Crippen molar-refractivity contribution in [2.45, 2.75) is 18.4 Å². The molecule has 0 aromatic heterocycles. The van der Waals surface area contributed by atoms with Crippen LogP contribution in [0.25, 0.3) is 0 Å². The van der Waals surface area contributed by atoms with Crippen LogP contribution in [0.15, 0.2) is 48.5 Å². The van der Waals surface area contributed by atoms with E-state index in [9.17, 15) is 4.79 Å². The van der Waals surface area contributed by atoms with Crippen LogP contribution in [-0.4, -0.2) is 11.4 Å². The first kappa shape index (κ1) is 13.5. The second-order valence-corrected chi connectivity index (χ2v) is 5.76. The fourth-order valence-corrected chi connectivity index (χ4v) is 2.33. The molecule has 102 valence electrons. The summed E-state index contributed by atoms with van der Waals surface area (Å²) in [6.45, 7) is 0. The van der Waals surface area contributed by atoms with Crippen molar-refractivity contribution >= 4 is 29.0 Å². The van der Waals surface area contributed by atoms with Gasteiger partial charge in [0, 0.05) is 15.6 Å². The van der Waals surface area contributed by atoms with Gasteiger partial charge in [0.2, 0.25) is 5.78 Å². The lowest BCUT2D eigenvalue weighted by Gasteiger charge is -2.17. The highest BCUT2D eigenvalue weighted by atomic mass is 35.5. The smallest absolute Gasteiger partial charge is 0.206 e. The number of ketones is 1. The lowest BCUT2D eigenvalue weighted by atomic mass is 10.0. The average molecular weight is 307 g/mol. The van der Waals surface area contributed by atoms with E-state index in [1.165, 1.54) is 0 Å². The average Bonchev–Trinajstić information content (AvgIpc) is 3.22. The van der Waals surface area contributed by atoms with Gasteiger partial charge in [0.1, 0.15) is 5.75 Å². The zero-order valence-electron chi connectivity index (χ0n) is 10.6. The number of benzene rings is 2. The van der Waals surface area contributed by atoms with Crippen LogP contribution in [0.5, 0.6) is 5.75 Å². The number of carbonyl (C=O) groups excluding carboxylic acids is 1. The third-order valence-electron chi connectivity index (χ3n) is 3.35. The number of ether oxygens (including phenoxy) is 1. The second kappa shape index (κ2) is 5.12. The Balaban J connectivity index is 1.80. The van der Waals surface area contributed by atoms with Crippen LogP contribution in [0.3, 0.4) is 0 Å². The van der Waals surface area contributed by atoms with Gasteiger partial charge in [-0.05, 0) is 61.4 Å². The quantitative estimate of drug-likeness (QED) is 0.759. The molecule has 0 N–H and O–H groups in total. The van der Waals surface area contributed by atoms with Crippen LogP contribution in [0.2, 0.25) is 10.0 Å². The lowest BCUT2D eigenvalue weighted by Crippen LogP contribution is -2.29. The Bertz CT molecular complexity index is 629. The minimum atomic E-state index is -0.721. The molecule has 0 atom stereocenters. The Morgan fingerprint density at radius 3 is 1.90 bits per heavy atom. The molecule has 0 radical (unpaired) electrons. The molecular weight excluding hydrogens is 295 g/mol. The molecule has 1 aliphatic carbocycles. The summed E-state index contributed by atoms with van der Waals surface area (Å²) in [5.74, 6) is 0.665. The summed E-state index contributed by atoms with van der Waals surface area (Å²) >= 11 is 11.7. The maximum atomic E-state index is 12.5. The van der Waals surface area contributed by atoms with E-state index in [4.69, 9.17) is 27.9 Å². The third-order valence-corrected chi connectivity index (χ3v) is 3.86. The number of rotatable bonds is 4. The lowest BCUT2D eigenvalue weighted by molar-refractivity contribution is 0.0746. The monoisotopic (exact) mass is 306 g/mol. The molecule has 0 spiro atoms. The summed E-state index contributed by atoms with van der Waals surface area (Å²) in [5.41, 5.74) is -0.0948. The predicted molar refractivity (Wildman–Crippen MR) is 79.8 cm³/mol. The summed E-state index contributed by atoms with van der Waals surface area (Å²) in [7, 11) is 0. The fourth-order valence-electron chi connectivity index (χ4n) is 2.08. The van der Waals surface area contributed by atoms with Crippen LogP contribution in [-0.2, 0) is 0 Å². The van der Waals surface area contributed by atoms with Crippen LogP contribution < -0.4 is 4.74 Å². The van der Waals surface area contributed by atoms with E-state index in [0.29, 0.717) is 21.4 Å². The minimum absolute atomic E-state index is 0.00381. The molecule has 1 fully saturated rings. The van der Waals surface area contributed by atoms with Crippen molar-refractivity contribution in [3.05, 3.63) is 64.1 Å². The van der Waals surface area contributed by atoms with Gasteiger partial charge in [0.15, 0.2) is 5.60 Å². The SMILES string of the molecule is O=C(c1ccc(Cl)cc1)C1(Oc2ccc(Cl)cc2)CC1. The van der Waals surface area contributed by atoms with Crippen LogP contribution >= 0.6 is 23.2 Å². The van der Waals surface area contributed by atoms with E-state index in [1.807, 2.05) is 0 Å². The normalized spacial score (nSPS) is 15.7. The topological polar surface area (TPSA) is 26.3 Å². The third kappa shape index (κ3) is 2.67. The summed E-state index contributed by atoms with van der Waals surface area (Å²) in [4.78, 5) is 12.5. The van der Waals surface area contributed by atoms with Crippen molar-refractivity contribution in [1.82, 2.24) is 0 Å².